The number of nitrogens with zero attached hydrogens (tertiary/aromatic N) is 3. The molecule has 0 aliphatic rings. The molecule has 0 radical (unpaired) electrons. The number of hydrogen-bond donors (Lipinski definition) is 1. The predicted molar refractivity (Wildman–Crippen MR) is 105 cm³/mol. The maximum Gasteiger partial charge on any atom is 0.269 e. The zero-order valence-corrected chi connectivity index (χ0v) is 15.4. The van der Waals surface area contributed by atoms with Crippen LogP contribution in [0.2, 0.25) is 0 Å². The summed E-state index contributed by atoms with van der Waals surface area (Å²) in [4.78, 5) is 35.4. The zero-order chi connectivity index (χ0) is 18.1. The molecule has 0 spiro atoms. The molecule has 0 saturated heterocycles. The van der Waals surface area contributed by atoms with Crippen molar-refractivity contribution in [2.45, 2.75) is 13.5 Å². The number of carbonyl (C=O) groups excluding carboxylic acids is 1. The number of thiophene rings is 1. The number of aromatic nitrogens is 3. The molecular formula is C18H14N4O2S2. The van der Waals surface area contributed by atoms with E-state index < -0.39 is 0 Å². The Kier molecular flexibility index (Phi) is 4.36. The van der Waals surface area contributed by atoms with E-state index in [1.807, 2.05) is 36.6 Å². The molecule has 0 unspecified atom stereocenters. The number of fused-ring (bicyclic) bond motifs is 1. The van der Waals surface area contributed by atoms with Gasteiger partial charge in [-0.1, -0.05) is 12.1 Å². The van der Waals surface area contributed by atoms with E-state index in [0.29, 0.717) is 16.2 Å². The molecule has 8 heteroatoms. The third-order valence-electron chi connectivity index (χ3n) is 3.80. The second kappa shape index (κ2) is 6.81. The van der Waals surface area contributed by atoms with Gasteiger partial charge in [-0.2, -0.15) is 0 Å². The van der Waals surface area contributed by atoms with Crippen molar-refractivity contribution in [2.24, 2.45) is 0 Å². The molecule has 4 aromatic rings. The Balaban J connectivity index is 1.54. The van der Waals surface area contributed by atoms with Crippen molar-refractivity contribution in [1.29, 1.82) is 0 Å². The monoisotopic (exact) mass is 382 g/mol. The van der Waals surface area contributed by atoms with E-state index in [2.05, 4.69) is 15.3 Å². The first-order valence-corrected chi connectivity index (χ1v) is 9.56. The number of para-hydroxylation sites is 2. The summed E-state index contributed by atoms with van der Waals surface area (Å²) in [6.07, 6.45) is 1.23. The fraction of sp³-hybridized carbons (Fsp3) is 0.111. The van der Waals surface area contributed by atoms with Gasteiger partial charge in [-0.25, -0.2) is 9.97 Å². The van der Waals surface area contributed by atoms with Crippen molar-refractivity contribution in [3.05, 3.63) is 63.2 Å². The largest absolute Gasteiger partial charge is 0.300 e. The van der Waals surface area contributed by atoms with Crippen LogP contribution in [0.25, 0.3) is 21.6 Å². The van der Waals surface area contributed by atoms with Gasteiger partial charge in [0.25, 0.3) is 5.56 Å². The quantitative estimate of drug-likeness (QED) is 0.586. The summed E-state index contributed by atoms with van der Waals surface area (Å²) in [7, 11) is 0. The minimum absolute atomic E-state index is 0.0884. The van der Waals surface area contributed by atoms with E-state index in [9.17, 15) is 9.59 Å². The van der Waals surface area contributed by atoms with Crippen LogP contribution >= 0.6 is 22.7 Å². The molecule has 0 aliphatic carbocycles. The van der Waals surface area contributed by atoms with Gasteiger partial charge in [0.05, 0.1) is 27.8 Å². The number of amides is 1. The van der Waals surface area contributed by atoms with Crippen LogP contribution < -0.4 is 10.9 Å². The first kappa shape index (κ1) is 16.6. The SMILES string of the molecule is Cc1ccc(-c2csc(NC(=O)Cn3c(=O)cnc4ccccc43)n2)s1. The molecule has 26 heavy (non-hydrogen) atoms. The summed E-state index contributed by atoms with van der Waals surface area (Å²) in [5.41, 5.74) is 1.83. The average Bonchev–Trinajstić information content (AvgIpc) is 3.26. The van der Waals surface area contributed by atoms with Crippen molar-refractivity contribution in [2.75, 3.05) is 5.32 Å². The summed E-state index contributed by atoms with van der Waals surface area (Å²) in [5, 5.41) is 5.20. The standard InChI is InChI=1S/C18H14N4O2S2/c1-11-6-7-15(26-11)13-10-25-18(20-13)21-16(23)9-22-14-5-3-2-4-12(14)19-8-17(22)24/h2-8,10H,9H2,1H3,(H,20,21,23). The molecule has 3 heterocycles. The Morgan fingerprint density at radius 3 is 2.88 bits per heavy atom. The topological polar surface area (TPSA) is 76.9 Å². The predicted octanol–water partition coefficient (Wildman–Crippen LogP) is 3.53. The fourth-order valence-corrected chi connectivity index (χ4v) is 4.23. The summed E-state index contributed by atoms with van der Waals surface area (Å²) in [5.74, 6) is -0.299. The highest BCUT2D eigenvalue weighted by Gasteiger charge is 2.12. The number of aryl methyl sites for hydroxylation is 1. The molecule has 1 N–H and O–H groups in total. The first-order valence-electron chi connectivity index (χ1n) is 7.87. The molecule has 1 amide bonds. The third kappa shape index (κ3) is 3.29. The van der Waals surface area contributed by atoms with Crippen LogP contribution in [0.3, 0.4) is 0 Å². The lowest BCUT2D eigenvalue weighted by Gasteiger charge is -2.08. The van der Waals surface area contributed by atoms with E-state index in [1.54, 1.807) is 23.5 Å². The highest BCUT2D eigenvalue weighted by atomic mass is 32.1. The second-order valence-electron chi connectivity index (χ2n) is 5.67. The number of thiazole rings is 1. The van der Waals surface area contributed by atoms with Crippen LogP contribution in [0, 0.1) is 6.92 Å². The van der Waals surface area contributed by atoms with Crippen molar-refractivity contribution in [3.8, 4) is 10.6 Å². The molecule has 1 aromatic carbocycles. The van der Waals surface area contributed by atoms with Crippen molar-refractivity contribution in [1.82, 2.24) is 14.5 Å². The number of nitrogens with one attached hydrogen (secondary N) is 1. The molecule has 0 fully saturated rings. The minimum atomic E-state index is -0.312. The lowest BCUT2D eigenvalue weighted by atomic mass is 10.3. The second-order valence-corrected chi connectivity index (χ2v) is 7.81. The zero-order valence-electron chi connectivity index (χ0n) is 13.8. The van der Waals surface area contributed by atoms with Gasteiger partial charge in [-0.05, 0) is 31.2 Å². The van der Waals surface area contributed by atoms with Crippen molar-refractivity contribution < 1.29 is 4.79 Å². The number of anilines is 1. The maximum atomic E-state index is 12.4. The van der Waals surface area contributed by atoms with Gasteiger partial charge in [0, 0.05) is 10.3 Å². The van der Waals surface area contributed by atoms with Gasteiger partial charge >= 0.3 is 0 Å². The molecule has 0 bridgehead atoms. The van der Waals surface area contributed by atoms with Crippen molar-refractivity contribution >= 4 is 44.7 Å². The molecule has 3 aromatic heterocycles. The van der Waals surface area contributed by atoms with E-state index in [-0.39, 0.29) is 18.0 Å². The highest BCUT2D eigenvalue weighted by molar-refractivity contribution is 7.17. The van der Waals surface area contributed by atoms with Crippen LogP contribution in [0.5, 0.6) is 0 Å². The van der Waals surface area contributed by atoms with Gasteiger partial charge in [0.1, 0.15) is 6.54 Å². The average molecular weight is 382 g/mol. The van der Waals surface area contributed by atoms with Crippen LogP contribution in [-0.2, 0) is 11.3 Å². The minimum Gasteiger partial charge on any atom is -0.300 e. The maximum absolute atomic E-state index is 12.4. The van der Waals surface area contributed by atoms with E-state index in [1.165, 1.54) is 27.0 Å². The van der Waals surface area contributed by atoms with Crippen LogP contribution in [0.1, 0.15) is 4.88 Å². The number of rotatable bonds is 4. The van der Waals surface area contributed by atoms with Crippen molar-refractivity contribution in [3.63, 3.8) is 0 Å². The summed E-state index contributed by atoms with van der Waals surface area (Å²) in [6, 6.07) is 11.3. The Bertz CT molecular complexity index is 1160. The molecule has 6 nitrogen and oxygen atoms in total. The fourth-order valence-electron chi connectivity index (χ4n) is 2.60. The summed E-state index contributed by atoms with van der Waals surface area (Å²) in [6.45, 7) is 1.95. The lowest BCUT2D eigenvalue weighted by molar-refractivity contribution is -0.116. The lowest BCUT2D eigenvalue weighted by Crippen LogP contribution is -2.27. The van der Waals surface area contributed by atoms with Gasteiger partial charge in [0.15, 0.2) is 5.13 Å². The Hall–Kier alpha value is -2.84. The number of hydrogen-bond acceptors (Lipinski definition) is 6. The number of carbonyl (C=O) groups is 1. The highest BCUT2D eigenvalue weighted by Crippen LogP contribution is 2.30. The van der Waals surface area contributed by atoms with Gasteiger partial charge in [0.2, 0.25) is 5.91 Å². The Labute approximate surface area is 156 Å². The van der Waals surface area contributed by atoms with E-state index in [0.717, 1.165) is 10.6 Å². The smallest absolute Gasteiger partial charge is 0.269 e. The van der Waals surface area contributed by atoms with Crippen LogP contribution in [0.4, 0.5) is 5.13 Å². The van der Waals surface area contributed by atoms with Gasteiger partial charge in [-0.3, -0.25) is 14.2 Å². The molecule has 0 aliphatic heterocycles. The summed E-state index contributed by atoms with van der Waals surface area (Å²) >= 11 is 3.02. The molecule has 4 rings (SSSR count). The third-order valence-corrected chi connectivity index (χ3v) is 5.58. The van der Waals surface area contributed by atoms with E-state index in [4.69, 9.17) is 0 Å². The first-order chi connectivity index (χ1) is 12.6. The van der Waals surface area contributed by atoms with Gasteiger partial charge < -0.3 is 5.32 Å². The molecular weight excluding hydrogens is 368 g/mol. The molecule has 0 atom stereocenters. The van der Waals surface area contributed by atoms with Crippen LogP contribution in [-0.4, -0.2) is 20.4 Å². The molecule has 0 saturated carbocycles. The Morgan fingerprint density at radius 1 is 1.23 bits per heavy atom. The normalized spacial score (nSPS) is 11.0. The Morgan fingerprint density at radius 2 is 2.08 bits per heavy atom. The van der Waals surface area contributed by atoms with Crippen LogP contribution in [0.15, 0.2) is 52.8 Å². The number of benzene rings is 1. The summed E-state index contributed by atoms with van der Waals surface area (Å²) < 4.78 is 1.41. The van der Waals surface area contributed by atoms with E-state index >= 15 is 0 Å². The molecule has 130 valence electrons. The van der Waals surface area contributed by atoms with Gasteiger partial charge in [-0.15, -0.1) is 22.7 Å².